The van der Waals surface area contributed by atoms with Crippen molar-refractivity contribution >= 4 is 17.7 Å². The third-order valence-electron chi connectivity index (χ3n) is 6.56. The van der Waals surface area contributed by atoms with Crippen LogP contribution >= 0.6 is 0 Å². The van der Waals surface area contributed by atoms with Gasteiger partial charge in [0.2, 0.25) is 17.7 Å². The van der Waals surface area contributed by atoms with Crippen molar-refractivity contribution in [1.29, 1.82) is 0 Å². The van der Waals surface area contributed by atoms with Gasteiger partial charge >= 0.3 is 0 Å². The molecule has 0 spiro atoms. The van der Waals surface area contributed by atoms with Crippen LogP contribution in [0.3, 0.4) is 0 Å². The molecule has 2 saturated heterocycles. The van der Waals surface area contributed by atoms with E-state index in [1.54, 1.807) is 54.5 Å². The number of ether oxygens (including phenoxy) is 2. The largest absolute Gasteiger partial charge is 0.497 e. The summed E-state index contributed by atoms with van der Waals surface area (Å²) in [7, 11) is 3.00. The molecule has 2 aliphatic rings. The molecule has 1 atom stereocenters. The summed E-state index contributed by atoms with van der Waals surface area (Å²) >= 11 is 0. The predicted octanol–water partition coefficient (Wildman–Crippen LogP) is 2.92. The van der Waals surface area contributed by atoms with Crippen molar-refractivity contribution in [2.24, 2.45) is 0 Å². The average molecular weight is 454 g/mol. The Labute approximate surface area is 192 Å². The van der Waals surface area contributed by atoms with Gasteiger partial charge in [-0.25, -0.2) is 4.39 Å². The Morgan fingerprint density at radius 2 is 1.76 bits per heavy atom. The minimum Gasteiger partial charge on any atom is -0.497 e. The van der Waals surface area contributed by atoms with Crippen molar-refractivity contribution in [3.63, 3.8) is 0 Å². The van der Waals surface area contributed by atoms with Gasteiger partial charge in [-0.05, 0) is 29.8 Å². The molecule has 2 aliphatic heterocycles. The number of piperidine rings is 1. The summed E-state index contributed by atoms with van der Waals surface area (Å²) < 4.78 is 24.8. The van der Waals surface area contributed by atoms with E-state index in [1.165, 1.54) is 13.1 Å². The van der Waals surface area contributed by atoms with Gasteiger partial charge in [0, 0.05) is 45.8 Å². The van der Waals surface area contributed by atoms with Crippen LogP contribution in [0.15, 0.2) is 48.5 Å². The lowest BCUT2D eigenvalue weighted by atomic mass is 9.75. The Hall–Kier alpha value is -3.42. The number of para-hydroxylation sites is 1. The van der Waals surface area contributed by atoms with Crippen molar-refractivity contribution in [3.05, 3.63) is 59.9 Å². The highest BCUT2D eigenvalue weighted by Gasteiger charge is 2.53. The minimum absolute atomic E-state index is 0.0484. The fourth-order valence-electron chi connectivity index (χ4n) is 4.58. The van der Waals surface area contributed by atoms with Crippen molar-refractivity contribution in [3.8, 4) is 11.5 Å². The number of hydrogen-bond donors (Lipinski definition) is 0. The van der Waals surface area contributed by atoms with Crippen LogP contribution in [-0.4, -0.2) is 60.9 Å². The number of benzene rings is 2. The minimum atomic E-state index is -1.23. The normalized spacial score (nSPS) is 21.4. The van der Waals surface area contributed by atoms with E-state index in [9.17, 15) is 18.8 Å². The number of imide groups is 1. The first-order chi connectivity index (χ1) is 15.8. The number of carbonyl (C=O) groups is 3. The van der Waals surface area contributed by atoms with E-state index in [0.29, 0.717) is 37.2 Å². The van der Waals surface area contributed by atoms with Crippen molar-refractivity contribution in [2.75, 3.05) is 27.2 Å². The lowest BCUT2D eigenvalue weighted by molar-refractivity contribution is -0.142. The number of rotatable bonds is 6. The van der Waals surface area contributed by atoms with Crippen molar-refractivity contribution in [1.82, 2.24) is 9.80 Å². The Bertz CT molecular complexity index is 1050. The van der Waals surface area contributed by atoms with Gasteiger partial charge in [0.25, 0.3) is 0 Å². The molecular formula is C25H27FN2O5. The van der Waals surface area contributed by atoms with Gasteiger partial charge in [-0.15, -0.1) is 0 Å². The molecule has 8 heteroatoms. The summed E-state index contributed by atoms with van der Waals surface area (Å²) in [4.78, 5) is 41.6. The van der Waals surface area contributed by atoms with E-state index in [2.05, 4.69) is 0 Å². The van der Waals surface area contributed by atoms with E-state index in [4.69, 9.17) is 9.47 Å². The quantitative estimate of drug-likeness (QED) is 0.628. The maximum Gasteiger partial charge on any atom is 0.240 e. The third-order valence-corrected chi connectivity index (χ3v) is 6.56. The van der Waals surface area contributed by atoms with Gasteiger partial charge in [-0.2, -0.15) is 0 Å². The van der Waals surface area contributed by atoms with E-state index in [0.717, 1.165) is 4.90 Å². The van der Waals surface area contributed by atoms with E-state index >= 15 is 0 Å². The molecule has 0 radical (unpaired) electrons. The summed E-state index contributed by atoms with van der Waals surface area (Å²) in [5, 5.41) is 0. The molecule has 0 bridgehead atoms. The Balaban J connectivity index is 1.46. The van der Waals surface area contributed by atoms with Gasteiger partial charge in [-0.3, -0.25) is 19.3 Å². The van der Waals surface area contributed by atoms with Crippen LogP contribution in [0.2, 0.25) is 0 Å². The maximum absolute atomic E-state index is 13.9. The number of halogens is 1. The van der Waals surface area contributed by atoms with Crippen LogP contribution in [0, 0.1) is 5.82 Å². The smallest absolute Gasteiger partial charge is 0.240 e. The van der Waals surface area contributed by atoms with E-state index in [1.807, 2.05) is 0 Å². The molecule has 2 aromatic rings. The standard InChI is InChI=1S/C25H27FN2O5/c1-27-22(29)15-25(24(27)31,17-7-9-18(32-2)10-8-17)16-23(30)28-13-11-19(12-14-28)33-21-6-4-3-5-20(21)26/h3-10,19H,11-16H2,1-2H3/t25-/m0/s1. The first-order valence-electron chi connectivity index (χ1n) is 11.0. The fourth-order valence-corrected chi connectivity index (χ4v) is 4.58. The SMILES string of the molecule is COc1ccc([C@@]2(CC(=O)N3CCC(Oc4ccccc4F)CC3)CC(=O)N(C)C2=O)cc1. The van der Waals surface area contributed by atoms with Crippen molar-refractivity contribution < 1.29 is 28.2 Å². The molecule has 174 valence electrons. The van der Waals surface area contributed by atoms with Gasteiger partial charge in [-0.1, -0.05) is 24.3 Å². The lowest BCUT2D eigenvalue weighted by Crippen LogP contribution is -2.46. The number of likely N-dealkylation sites (N-methyl/N-ethyl adjacent to an activating group) is 1. The van der Waals surface area contributed by atoms with Crippen molar-refractivity contribution in [2.45, 2.75) is 37.2 Å². The Morgan fingerprint density at radius 3 is 2.33 bits per heavy atom. The second kappa shape index (κ2) is 9.21. The van der Waals surface area contributed by atoms with E-state index < -0.39 is 11.2 Å². The molecule has 4 rings (SSSR count). The first kappa shape index (κ1) is 22.8. The van der Waals surface area contributed by atoms with Crippen LogP contribution in [0.5, 0.6) is 11.5 Å². The maximum atomic E-state index is 13.9. The number of hydrogen-bond acceptors (Lipinski definition) is 5. The molecular weight excluding hydrogens is 427 g/mol. The molecule has 0 unspecified atom stereocenters. The highest BCUT2D eigenvalue weighted by atomic mass is 19.1. The van der Waals surface area contributed by atoms with Gasteiger partial charge in [0.05, 0.1) is 12.5 Å². The fraction of sp³-hybridized carbons (Fsp3) is 0.400. The van der Waals surface area contributed by atoms with Gasteiger partial charge in [0.15, 0.2) is 11.6 Å². The first-order valence-corrected chi connectivity index (χ1v) is 11.0. The molecule has 33 heavy (non-hydrogen) atoms. The van der Waals surface area contributed by atoms with Gasteiger partial charge < -0.3 is 14.4 Å². The summed E-state index contributed by atoms with van der Waals surface area (Å²) in [5.74, 6) is -0.442. The number of nitrogens with zero attached hydrogens (tertiary/aromatic N) is 2. The number of methoxy groups -OCH3 is 1. The van der Waals surface area contributed by atoms with Crippen LogP contribution in [0.4, 0.5) is 4.39 Å². The average Bonchev–Trinajstić information content (AvgIpc) is 3.05. The third kappa shape index (κ3) is 4.42. The second-order valence-corrected chi connectivity index (χ2v) is 8.55. The zero-order valence-corrected chi connectivity index (χ0v) is 18.8. The summed E-state index contributed by atoms with van der Waals surface area (Å²) in [6.45, 7) is 0.878. The summed E-state index contributed by atoms with van der Waals surface area (Å²) in [5.41, 5.74) is -0.604. The monoisotopic (exact) mass is 454 g/mol. The second-order valence-electron chi connectivity index (χ2n) is 8.55. The predicted molar refractivity (Wildman–Crippen MR) is 118 cm³/mol. The molecule has 2 heterocycles. The van der Waals surface area contributed by atoms with Crippen LogP contribution in [0.25, 0.3) is 0 Å². The number of likely N-dealkylation sites (tertiary alicyclic amines) is 2. The molecule has 0 N–H and O–H groups in total. The number of amides is 3. The topological polar surface area (TPSA) is 76.2 Å². The molecule has 7 nitrogen and oxygen atoms in total. The Morgan fingerprint density at radius 1 is 1.09 bits per heavy atom. The zero-order chi connectivity index (χ0) is 23.6. The van der Waals surface area contributed by atoms with Crippen LogP contribution < -0.4 is 9.47 Å². The van der Waals surface area contributed by atoms with Gasteiger partial charge in [0.1, 0.15) is 11.9 Å². The molecule has 0 saturated carbocycles. The molecule has 2 fully saturated rings. The molecule has 3 amide bonds. The zero-order valence-electron chi connectivity index (χ0n) is 18.8. The van der Waals surface area contributed by atoms with Crippen LogP contribution in [0.1, 0.15) is 31.2 Å². The highest BCUT2D eigenvalue weighted by molar-refractivity contribution is 6.10. The highest BCUT2D eigenvalue weighted by Crippen LogP contribution is 2.40. The Kier molecular flexibility index (Phi) is 6.35. The van der Waals surface area contributed by atoms with E-state index in [-0.39, 0.29) is 42.4 Å². The number of carbonyl (C=O) groups excluding carboxylic acids is 3. The summed E-state index contributed by atoms with van der Waals surface area (Å²) in [6.07, 6.45) is 0.785. The molecule has 2 aromatic carbocycles. The van der Waals surface area contributed by atoms with Crippen LogP contribution in [-0.2, 0) is 19.8 Å². The molecule has 0 aliphatic carbocycles. The summed E-state index contributed by atoms with van der Waals surface area (Å²) in [6, 6.07) is 13.2. The molecule has 0 aromatic heterocycles. The lowest BCUT2D eigenvalue weighted by Gasteiger charge is -2.35.